The molecule has 2 atom stereocenters. The van der Waals surface area contributed by atoms with E-state index in [4.69, 9.17) is 16.3 Å². The lowest BCUT2D eigenvalue weighted by Crippen LogP contribution is -2.47. The molecule has 0 radical (unpaired) electrons. The zero-order chi connectivity index (χ0) is 11.5. The normalized spacial score (nSPS) is 25.8. The zero-order valence-electron chi connectivity index (χ0n) is 9.07. The van der Waals surface area contributed by atoms with Crippen molar-refractivity contribution in [3.63, 3.8) is 0 Å². The maximum atomic E-state index is 5.84. The van der Waals surface area contributed by atoms with Crippen LogP contribution in [0.3, 0.4) is 0 Å². The van der Waals surface area contributed by atoms with Gasteiger partial charge in [0.25, 0.3) is 0 Å². The van der Waals surface area contributed by atoms with Crippen molar-refractivity contribution in [2.75, 3.05) is 23.9 Å². The van der Waals surface area contributed by atoms with Gasteiger partial charge in [-0.25, -0.2) is 4.98 Å². The van der Waals surface area contributed by atoms with E-state index >= 15 is 0 Å². The lowest BCUT2D eigenvalue weighted by Gasteiger charge is -2.36. The molecule has 0 aromatic carbocycles. The van der Waals surface area contributed by atoms with Gasteiger partial charge in [0, 0.05) is 23.8 Å². The lowest BCUT2D eigenvalue weighted by molar-refractivity contribution is -0.00357. The van der Waals surface area contributed by atoms with E-state index in [0.29, 0.717) is 5.88 Å². The molecule has 0 N–H and O–H groups in total. The first kappa shape index (κ1) is 12.1. The highest BCUT2D eigenvalue weighted by Crippen LogP contribution is 2.20. The molecule has 1 fully saturated rings. The van der Waals surface area contributed by atoms with E-state index in [0.717, 1.165) is 23.4 Å². The molecule has 1 aliphatic rings. The fourth-order valence-corrected chi connectivity index (χ4v) is 2.28. The van der Waals surface area contributed by atoms with E-state index in [-0.39, 0.29) is 12.2 Å². The maximum absolute atomic E-state index is 5.84. The van der Waals surface area contributed by atoms with E-state index in [1.54, 1.807) is 0 Å². The van der Waals surface area contributed by atoms with Crippen molar-refractivity contribution in [2.45, 2.75) is 19.1 Å². The first-order valence-corrected chi connectivity index (χ1v) is 6.59. The molecule has 2 rings (SSSR count). The average molecular weight is 306 g/mol. The Hall–Kier alpha value is -0.320. The second-order valence-corrected chi connectivity index (χ2v) is 5.19. The minimum Gasteiger partial charge on any atom is -0.370 e. The highest BCUT2D eigenvalue weighted by atomic mass is 79.9. The third kappa shape index (κ3) is 2.87. The fourth-order valence-electron chi connectivity index (χ4n) is 1.87. The van der Waals surface area contributed by atoms with Crippen molar-refractivity contribution < 1.29 is 4.74 Å². The largest absolute Gasteiger partial charge is 0.370 e. The number of halogens is 2. The molecule has 0 aliphatic carbocycles. The summed E-state index contributed by atoms with van der Waals surface area (Å²) < 4.78 is 6.69. The molecule has 1 saturated heterocycles. The topological polar surface area (TPSA) is 25.4 Å². The molecule has 1 aromatic rings. The Morgan fingerprint density at radius 1 is 1.56 bits per heavy atom. The maximum Gasteiger partial charge on any atom is 0.128 e. The van der Waals surface area contributed by atoms with Crippen molar-refractivity contribution in [2.24, 2.45) is 0 Å². The van der Waals surface area contributed by atoms with Crippen LogP contribution in [0.5, 0.6) is 0 Å². The Morgan fingerprint density at radius 2 is 2.38 bits per heavy atom. The van der Waals surface area contributed by atoms with Crippen molar-refractivity contribution >= 4 is 33.3 Å². The number of morpholine rings is 1. The molecule has 0 bridgehead atoms. The number of anilines is 1. The summed E-state index contributed by atoms with van der Waals surface area (Å²) in [5, 5.41) is 0. The van der Waals surface area contributed by atoms with E-state index in [1.807, 2.05) is 18.3 Å². The summed E-state index contributed by atoms with van der Waals surface area (Å²) in [6.45, 7) is 3.73. The van der Waals surface area contributed by atoms with Gasteiger partial charge in [0.2, 0.25) is 0 Å². The summed E-state index contributed by atoms with van der Waals surface area (Å²) in [7, 11) is 0. The summed E-state index contributed by atoms with van der Waals surface area (Å²) in [4.78, 5) is 6.60. The van der Waals surface area contributed by atoms with Crippen molar-refractivity contribution in [3.05, 3.63) is 22.8 Å². The highest BCUT2D eigenvalue weighted by molar-refractivity contribution is 9.10. The van der Waals surface area contributed by atoms with Gasteiger partial charge in [-0.05, 0) is 35.0 Å². The minimum absolute atomic E-state index is 0.0934. The zero-order valence-corrected chi connectivity index (χ0v) is 11.4. The highest BCUT2D eigenvalue weighted by Gasteiger charge is 2.25. The number of alkyl halides is 1. The second kappa shape index (κ2) is 5.34. The van der Waals surface area contributed by atoms with E-state index in [2.05, 4.69) is 32.7 Å². The molecule has 0 saturated carbocycles. The standard InChI is InChI=1S/C11H14BrClN2O/c1-8-6-15(7-10(4-13)16-8)11-3-2-9(12)5-14-11/h2-3,5,8,10H,4,6-7H2,1H3. The molecular weight excluding hydrogens is 291 g/mol. The third-order valence-corrected chi connectivity index (χ3v) is 3.35. The van der Waals surface area contributed by atoms with Crippen LogP contribution < -0.4 is 4.90 Å². The molecule has 3 nitrogen and oxygen atoms in total. The van der Waals surface area contributed by atoms with Crippen LogP contribution in [-0.2, 0) is 4.74 Å². The second-order valence-electron chi connectivity index (χ2n) is 3.96. The van der Waals surface area contributed by atoms with Gasteiger partial charge in [0.05, 0.1) is 18.1 Å². The van der Waals surface area contributed by atoms with E-state index in [1.165, 1.54) is 0 Å². The van der Waals surface area contributed by atoms with Crippen LogP contribution in [0.1, 0.15) is 6.92 Å². The Labute approximate surface area is 109 Å². The summed E-state index contributed by atoms with van der Waals surface area (Å²) in [5.41, 5.74) is 0. The molecule has 0 spiro atoms. The average Bonchev–Trinajstić information content (AvgIpc) is 2.29. The van der Waals surface area contributed by atoms with Gasteiger partial charge in [-0.15, -0.1) is 11.6 Å². The van der Waals surface area contributed by atoms with Crippen LogP contribution in [0.4, 0.5) is 5.82 Å². The number of rotatable bonds is 2. The molecule has 88 valence electrons. The van der Waals surface area contributed by atoms with Crippen molar-refractivity contribution in [3.8, 4) is 0 Å². The molecular formula is C11H14BrClN2O. The van der Waals surface area contributed by atoms with Crippen LogP contribution in [0.25, 0.3) is 0 Å². The van der Waals surface area contributed by atoms with Gasteiger partial charge in [-0.2, -0.15) is 0 Å². The van der Waals surface area contributed by atoms with Crippen molar-refractivity contribution in [1.29, 1.82) is 0 Å². The fraction of sp³-hybridized carbons (Fsp3) is 0.545. The number of nitrogens with zero attached hydrogens (tertiary/aromatic N) is 2. The van der Waals surface area contributed by atoms with Crippen LogP contribution >= 0.6 is 27.5 Å². The van der Waals surface area contributed by atoms with E-state index in [9.17, 15) is 0 Å². The van der Waals surface area contributed by atoms with Gasteiger partial charge in [-0.1, -0.05) is 0 Å². The smallest absolute Gasteiger partial charge is 0.128 e. The van der Waals surface area contributed by atoms with Crippen LogP contribution in [0.2, 0.25) is 0 Å². The summed E-state index contributed by atoms with van der Waals surface area (Å²) in [6, 6.07) is 4.01. The van der Waals surface area contributed by atoms with Gasteiger partial charge < -0.3 is 9.64 Å². The number of hydrogen-bond donors (Lipinski definition) is 0. The summed E-state index contributed by atoms with van der Waals surface area (Å²) in [5.74, 6) is 1.51. The molecule has 16 heavy (non-hydrogen) atoms. The molecule has 2 unspecified atom stereocenters. The van der Waals surface area contributed by atoms with Crippen molar-refractivity contribution in [1.82, 2.24) is 4.98 Å². The summed E-state index contributed by atoms with van der Waals surface area (Å²) >= 11 is 9.22. The Kier molecular flexibility index (Phi) is 4.05. The lowest BCUT2D eigenvalue weighted by atomic mass is 10.2. The quantitative estimate of drug-likeness (QED) is 0.786. The number of pyridine rings is 1. The number of hydrogen-bond acceptors (Lipinski definition) is 3. The number of aromatic nitrogens is 1. The van der Waals surface area contributed by atoms with E-state index < -0.39 is 0 Å². The van der Waals surface area contributed by atoms with Crippen LogP contribution in [-0.4, -0.2) is 36.2 Å². The van der Waals surface area contributed by atoms with Gasteiger partial charge in [0.15, 0.2) is 0 Å². The summed E-state index contributed by atoms with van der Waals surface area (Å²) in [6.07, 6.45) is 2.10. The Bertz CT molecular complexity index is 346. The number of ether oxygens (including phenoxy) is 1. The monoisotopic (exact) mass is 304 g/mol. The minimum atomic E-state index is 0.0934. The molecule has 1 aromatic heterocycles. The molecule has 1 aliphatic heterocycles. The Balaban J connectivity index is 2.11. The SMILES string of the molecule is CC1CN(c2ccc(Br)cn2)CC(CCl)O1. The Morgan fingerprint density at radius 3 is 3.00 bits per heavy atom. The van der Waals surface area contributed by atoms with Crippen LogP contribution in [0.15, 0.2) is 22.8 Å². The first-order valence-electron chi connectivity index (χ1n) is 5.27. The molecule has 0 amide bonds. The van der Waals surface area contributed by atoms with Gasteiger partial charge in [-0.3, -0.25) is 0 Å². The molecule has 5 heteroatoms. The first-order chi connectivity index (χ1) is 7.69. The predicted octanol–water partition coefficient (Wildman–Crippen LogP) is 2.68. The third-order valence-electron chi connectivity index (χ3n) is 2.53. The predicted molar refractivity (Wildman–Crippen MR) is 69.2 cm³/mol. The van der Waals surface area contributed by atoms with Crippen LogP contribution in [0, 0.1) is 0 Å². The van der Waals surface area contributed by atoms with Gasteiger partial charge in [0.1, 0.15) is 5.82 Å². The van der Waals surface area contributed by atoms with Gasteiger partial charge >= 0.3 is 0 Å². The molecule has 2 heterocycles.